The Kier molecular flexibility index (Phi) is 6.28. The predicted octanol–water partition coefficient (Wildman–Crippen LogP) is 5.72. The maximum Gasteiger partial charge on any atom is 0.418 e. The Morgan fingerprint density at radius 1 is 0.968 bits per heavy atom. The van der Waals surface area contributed by atoms with Gasteiger partial charge in [-0.05, 0) is 49.4 Å². The van der Waals surface area contributed by atoms with Gasteiger partial charge >= 0.3 is 6.18 Å². The molecule has 0 aliphatic heterocycles. The number of benzene rings is 3. The Morgan fingerprint density at radius 2 is 1.61 bits per heavy atom. The molecular weight excluding hydrogens is 453 g/mol. The van der Waals surface area contributed by atoms with E-state index in [2.05, 4.69) is 10.0 Å². The number of hydrogen-bond donors (Lipinski definition) is 2. The fourth-order valence-electron chi connectivity index (χ4n) is 2.72. The quantitative estimate of drug-likeness (QED) is 0.503. The lowest BCUT2D eigenvalue weighted by Crippen LogP contribution is -2.18. The average Bonchev–Trinajstić information content (AvgIpc) is 2.69. The second kappa shape index (κ2) is 8.60. The monoisotopic (exact) mass is 468 g/mol. The molecule has 3 aromatic rings. The van der Waals surface area contributed by atoms with Gasteiger partial charge in [-0.25, -0.2) is 8.42 Å². The lowest BCUT2D eigenvalue weighted by atomic mass is 10.1. The van der Waals surface area contributed by atoms with Crippen LogP contribution in [0.15, 0.2) is 71.6 Å². The molecule has 0 heterocycles. The first-order valence-corrected chi connectivity index (χ1v) is 10.7. The molecule has 162 valence electrons. The van der Waals surface area contributed by atoms with Crippen molar-refractivity contribution in [3.05, 3.63) is 88.4 Å². The summed E-state index contributed by atoms with van der Waals surface area (Å²) in [5.74, 6) is -0.918. The van der Waals surface area contributed by atoms with Gasteiger partial charge in [0.25, 0.3) is 15.9 Å². The number of carbonyl (C=O) groups excluding carboxylic acids is 1. The lowest BCUT2D eigenvalue weighted by Gasteiger charge is -2.15. The number of para-hydroxylation sites is 1. The zero-order valence-electron chi connectivity index (χ0n) is 16.0. The molecule has 0 saturated heterocycles. The van der Waals surface area contributed by atoms with E-state index in [1.54, 1.807) is 12.1 Å². The smallest absolute Gasteiger partial charge is 0.321 e. The highest BCUT2D eigenvalue weighted by molar-refractivity contribution is 7.92. The third-order valence-corrected chi connectivity index (χ3v) is 6.00. The normalized spacial score (nSPS) is 11.8. The molecule has 0 unspecified atom stereocenters. The first kappa shape index (κ1) is 22.6. The van der Waals surface area contributed by atoms with Crippen molar-refractivity contribution in [1.82, 2.24) is 0 Å². The Bertz CT molecular complexity index is 1230. The Balaban J connectivity index is 1.88. The molecule has 10 heteroatoms. The number of amides is 1. The van der Waals surface area contributed by atoms with Gasteiger partial charge in [0.15, 0.2) is 0 Å². The zero-order chi connectivity index (χ0) is 22.8. The molecule has 0 bridgehead atoms. The summed E-state index contributed by atoms with van der Waals surface area (Å²) in [6.07, 6.45) is -4.67. The van der Waals surface area contributed by atoms with Crippen molar-refractivity contribution >= 4 is 38.9 Å². The molecule has 3 aromatic carbocycles. The van der Waals surface area contributed by atoms with Crippen LogP contribution in [0, 0.1) is 6.92 Å². The van der Waals surface area contributed by atoms with Crippen LogP contribution in [0.25, 0.3) is 0 Å². The summed E-state index contributed by atoms with van der Waals surface area (Å²) in [4.78, 5) is 12.6. The Morgan fingerprint density at radius 3 is 2.26 bits per heavy atom. The first-order valence-electron chi connectivity index (χ1n) is 8.84. The van der Waals surface area contributed by atoms with Crippen LogP contribution < -0.4 is 10.0 Å². The molecule has 0 radical (unpaired) electrons. The van der Waals surface area contributed by atoms with E-state index in [9.17, 15) is 26.4 Å². The molecule has 0 aliphatic rings. The summed E-state index contributed by atoms with van der Waals surface area (Å²) in [6.45, 7) is 1.81. The summed E-state index contributed by atoms with van der Waals surface area (Å²) in [7, 11) is -3.94. The number of sulfonamides is 1. The van der Waals surface area contributed by atoms with Crippen molar-refractivity contribution in [3.8, 4) is 0 Å². The number of carbonyl (C=O) groups is 1. The second-order valence-electron chi connectivity index (χ2n) is 6.61. The number of anilines is 2. The van der Waals surface area contributed by atoms with Gasteiger partial charge in [0.2, 0.25) is 0 Å². The Hall–Kier alpha value is -3.04. The second-order valence-corrected chi connectivity index (χ2v) is 8.70. The number of alkyl halides is 3. The SMILES string of the molecule is Cc1ccc(S(=O)(=O)Nc2ccc(Cl)c(C(=O)Nc3ccccc3C(F)(F)F)c2)cc1. The van der Waals surface area contributed by atoms with Crippen LogP contribution in [0.5, 0.6) is 0 Å². The standard InChI is InChI=1S/C21H16ClF3N2O3S/c1-13-6-9-15(10-7-13)31(29,30)27-14-8-11-18(22)16(12-14)20(28)26-19-5-3-2-4-17(19)21(23,24)25/h2-12,27H,1H3,(H,26,28). The number of nitrogens with one attached hydrogen (secondary N) is 2. The van der Waals surface area contributed by atoms with E-state index < -0.39 is 33.4 Å². The van der Waals surface area contributed by atoms with Crippen molar-refractivity contribution < 1.29 is 26.4 Å². The lowest BCUT2D eigenvalue weighted by molar-refractivity contribution is -0.136. The van der Waals surface area contributed by atoms with Gasteiger partial charge < -0.3 is 5.32 Å². The summed E-state index contributed by atoms with van der Waals surface area (Å²) in [5, 5.41) is 2.13. The number of hydrogen-bond acceptors (Lipinski definition) is 3. The maximum absolute atomic E-state index is 13.2. The molecule has 0 aromatic heterocycles. The summed E-state index contributed by atoms with van der Waals surface area (Å²) in [6, 6.07) is 14.4. The highest BCUT2D eigenvalue weighted by Gasteiger charge is 2.33. The van der Waals surface area contributed by atoms with Gasteiger partial charge in [-0.1, -0.05) is 41.4 Å². The van der Waals surface area contributed by atoms with Crippen molar-refractivity contribution in [3.63, 3.8) is 0 Å². The van der Waals surface area contributed by atoms with Crippen molar-refractivity contribution in [2.45, 2.75) is 18.0 Å². The predicted molar refractivity (Wildman–Crippen MR) is 113 cm³/mol. The fraction of sp³-hybridized carbons (Fsp3) is 0.0952. The minimum Gasteiger partial charge on any atom is -0.321 e. The minimum absolute atomic E-state index is 0.0122. The van der Waals surface area contributed by atoms with Gasteiger partial charge in [0.05, 0.1) is 26.7 Å². The number of halogens is 4. The largest absolute Gasteiger partial charge is 0.418 e. The average molecular weight is 469 g/mol. The van der Waals surface area contributed by atoms with Gasteiger partial charge in [0.1, 0.15) is 0 Å². The van der Waals surface area contributed by atoms with Crippen LogP contribution in [0.3, 0.4) is 0 Å². The summed E-state index contributed by atoms with van der Waals surface area (Å²) >= 11 is 6.03. The molecule has 0 atom stereocenters. The zero-order valence-corrected chi connectivity index (χ0v) is 17.6. The molecule has 31 heavy (non-hydrogen) atoms. The van der Waals surface area contributed by atoms with Crippen molar-refractivity contribution in [2.24, 2.45) is 0 Å². The number of aryl methyl sites for hydroxylation is 1. The van der Waals surface area contributed by atoms with Gasteiger partial charge in [-0.3, -0.25) is 9.52 Å². The van der Waals surface area contributed by atoms with Gasteiger partial charge in [-0.2, -0.15) is 13.2 Å². The van der Waals surface area contributed by atoms with Crippen LogP contribution in [-0.2, 0) is 16.2 Å². The molecule has 0 saturated carbocycles. The van der Waals surface area contributed by atoms with Crippen molar-refractivity contribution in [2.75, 3.05) is 10.0 Å². The summed E-state index contributed by atoms with van der Waals surface area (Å²) in [5.41, 5.74) is -0.747. The van der Waals surface area contributed by atoms with E-state index in [4.69, 9.17) is 11.6 Å². The molecule has 0 fully saturated rings. The summed E-state index contributed by atoms with van der Waals surface area (Å²) < 4.78 is 66.9. The minimum atomic E-state index is -4.67. The third kappa shape index (κ3) is 5.36. The van der Waals surface area contributed by atoms with E-state index in [0.717, 1.165) is 23.8 Å². The van der Waals surface area contributed by atoms with Crippen LogP contribution in [0.1, 0.15) is 21.5 Å². The molecular formula is C21H16ClF3N2O3S. The van der Waals surface area contributed by atoms with E-state index in [0.29, 0.717) is 0 Å². The van der Waals surface area contributed by atoms with Gasteiger partial charge in [-0.15, -0.1) is 0 Å². The van der Waals surface area contributed by atoms with Crippen LogP contribution >= 0.6 is 11.6 Å². The Labute approximate surface area is 181 Å². The maximum atomic E-state index is 13.2. The fourth-order valence-corrected chi connectivity index (χ4v) is 3.98. The molecule has 2 N–H and O–H groups in total. The molecule has 1 amide bonds. The van der Waals surface area contributed by atoms with E-state index in [-0.39, 0.29) is 21.2 Å². The first-order chi connectivity index (χ1) is 14.5. The van der Waals surface area contributed by atoms with Crippen molar-refractivity contribution in [1.29, 1.82) is 0 Å². The van der Waals surface area contributed by atoms with E-state index in [1.807, 2.05) is 6.92 Å². The molecule has 3 rings (SSSR count). The van der Waals surface area contributed by atoms with Gasteiger partial charge in [0, 0.05) is 5.69 Å². The molecule has 0 aliphatic carbocycles. The van der Waals surface area contributed by atoms with Crippen LogP contribution in [0.2, 0.25) is 5.02 Å². The van der Waals surface area contributed by atoms with Crippen LogP contribution in [0.4, 0.5) is 24.5 Å². The highest BCUT2D eigenvalue weighted by atomic mass is 35.5. The molecule has 5 nitrogen and oxygen atoms in total. The van der Waals surface area contributed by atoms with E-state index in [1.165, 1.54) is 36.4 Å². The third-order valence-electron chi connectivity index (χ3n) is 4.28. The molecule has 0 spiro atoms. The number of rotatable bonds is 5. The topological polar surface area (TPSA) is 75.3 Å². The van der Waals surface area contributed by atoms with E-state index >= 15 is 0 Å². The highest BCUT2D eigenvalue weighted by Crippen LogP contribution is 2.35. The van der Waals surface area contributed by atoms with Crippen LogP contribution in [-0.4, -0.2) is 14.3 Å².